The van der Waals surface area contributed by atoms with E-state index in [1.54, 1.807) is 0 Å². The maximum atomic E-state index is 10.4. The van der Waals surface area contributed by atoms with Crippen molar-refractivity contribution < 1.29 is 4.79 Å². The van der Waals surface area contributed by atoms with Crippen LogP contribution >= 0.6 is 11.6 Å². The first-order valence-electron chi connectivity index (χ1n) is 4.27. The van der Waals surface area contributed by atoms with E-state index < -0.39 is 5.38 Å². The zero-order valence-corrected chi connectivity index (χ0v) is 8.58. The predicted octanol–water partition coefficient (Wildman–Crippen LogP) is 2.22. The third-order valence-electron chi connectivity index (χ3n) is 2.03. The monoisotopic (exact) mass is 207 g/mol. The fourth-order valence-corrected chi connectivity index (χ4v) is 1.48. The summed E-state index contributed by atoms with van der Waals surface area (Å²) < 4.78 is 0. The van der Waals surface area contributed by atoms with E-state index in [0.717, 1.165) is 11.1 Å². The lowest BCUT2D eigenvalue weighted by Crippen LogP contribution is -2.06. The normalized spacial score (nSPS) is 11.8. The molecule has 0 aliphatic rings. The van der Waals surface area contributed by atoms with Gasteiger partial charge in [0, 0.05) is 0 Å². The van der Waals surface area contributed by atoms with Gasteiger partial charge in [-0.15, -0.1) is 11.6 Å². The molecule has 1 aromatic rings. The van der Waals surface area contributed by atoms with E-state index in [9.17, 15) is 4.79 Å². The van der Waals surface area contributed by atoms with Crippen molar-refractivity contribution in [3.05, 3.63) is 34.9 Å². The molecule has 3 heteroatoms. The largest absolute Gasteiger partial charge is 0.302 e. The molecule has 0 aliphatic carbocycles. The second-order valence-electron chi connectivity index (χ2n) is 3.08. The van der Waals surface area contributed by atoms with E-state index in [1.165, 1.54) is 0 Å². The van der Waals surface area contributed by atoms with Gasteiger partial charge in [-0.05, 0) is 24.5 Å². The summed E-state index contributed by atoms with van der Waals surface area (Å²) in [5.74, 6) is 0. The second kappa shape index (κ2) is 4.78. The molecule has 0 radical (unpaired) electrons. The van der Waals surface area contributed by atoms with Crippen LogP contribution in [0.5, 0.6) is 0 Å². The van der Waals surface area contributed by atoms with E-state index in [2.05, 4.69) is 6.07 Å². The van der Waals surface area contributed by atoms with Crippen molar-refractivity contribution in [1.29, 1.82) is 5.26 Å². The van der Waals surface area contributed by atoms with Crippen LogP contribution in [0.3, 0.4) is 0 Å². The van der Waals surface area contributed by atoms with Crippen LogP contribution in [0, 0.1) is 18.3 Å². The van der Waals surface area contributed by atoms with Crippen molar-refractivity contribution >= 4 is 17.9 Å². The van der Waals surface area contributed by atoms with Crippen molar-refractivity contribution in [2.45, 2.75) is 18.7 Å². The van der Waals surface area contributed by atoms with Gasteiger partial charge in [-0.1, -0.05) is 18.2 Å². The van der Waals surface area contributed by atoms with Gasteiger partial charge < -0.3 is 4.79 Å². The van der Waals surface area contributed by atoms with Crippen molar-refractivity contribution in [2.24, 2.45) is 0 Å². The van der Waals surface area contributed by atoms with Gasteiger partial charge in [0.25, 0.3) is 0 Å². The summed E-state index contributed by atoms with van der Waals surface area (Å²) in [6.07, 6.45) is 1.10. The molecule has 0 aromatic heterocycles. The van der Waals surface area contributed by atoms with Crippen molar-refractivity contribution in [3.63, 3.8) is 0 Å². The van der Waals surface area contributed by atoms with Crippen LogP contribution in [0.4, 0.5) is 0 Å². The van der Waals surface area contributed by atoms with Crippen LogP contribution < -0.4 is 0 Å². The van der Waals surface area contributed by atoms with E-state index in [1.807, 2.05) is 25.1 Å². The van der Waals surface area contributed by atoms with Crippen LogP contribution in [-0.2, 0) is 11.2 Å². The lowest BCUT2D eigenvalue weighted by molar-refractivity contribution is -0.107. The Balaban J connectivity index is 3.03. The molecule has 1 atom stereocenters. The van der Waals surface area contributed by atoms with Gasteiger partial charge in [0.1, 0.15) is 6.29 Å². The Labute approximate surface area is 88.1 Å². The summed E-state index contributed by atoms with van der Waals surface area (Å²) in [4.78, 5) is 10.4. The van der Waals surface area contributed by atoms with Gasteiger partial charge >= 0.3 is 0 Å². The number of aldehydes is 1. The molecule has 2 nitrogen and oxygen atoms in total. The number of hydrogen-bond donors (Lipinski definition) is 0. The van der Waals surface area contributed by atoms with Crippen LogP contribution in [0.15, 0.2) is 18.2 Å². The highest BCUT2D eigenvalue weighted by Gasteiger charge is 2.09. The number of carbonyl (C=O) groups is 1. The molecule has 0 bridgehead atoms. The molecule has 0 aliphatic heterocycles. The lowest BCUT2D eigenvalue weighted by atomic mass is 9.99. The summed E-state index contributed by atoms with van der Waals surface area (Å²) in [7, 11) is 0. The first-order valence-corrected chi connectivity index (χ1v) is 4.70. The third-order valence-corrected chi connectivity index (χ3v) is 2.29. The van der Waals surface area contributed by atoms with Crippen LogP contribution in [0.2, 0.25) is 0 Å². The zero-order valence-electron chi connectivity index (χ0n) is 7.83. The maximum Gasteiger partial charge on any atom is 0.138 e. The molecular weight excluding hydrogens is 198 g/mol. The smallest absolute Gasteiger partial charge is 0.138 e. The molecule has 0 saturated heterocycles. The highest BCUT2D eigenvalue weighted by molar-refractivity contribution is 6.27. The molecular formula is C11H10ClNO. The second-order valence-corrected chi connectivity index (χ2v) is 3.64. The number of nitriles is 1. The quantitative estimate of drug-likeness (QED) is 0.563. The molecule has 72 valence electrons. The van der Waals surface area contributed by atoms with E-state index in [0.29, 0.717) is 18.3 Å². The molecule has 1 unspecified atom stereocenters. The van der Waals surface area contributed by atoms with E-state index in [4.69, 9.17) is 16.9 Å². The van der Waals surface area contributed by atoms with Gasteiger partial charge in [-0.3, -0.25) is 0 Å². The van der Waals surface area contributed by atoms with Gasteiger partial charge in [0.2, 0.25) is 0 Å². The SMILES string of the molecule is Cc1cccc(CC(Cl)C=O)c1C#N. The molecule has 0 N–H and O–H groups in total. The summed E-state index contributed by atoms with van der Waals surface area (Å²) in [5.41, 5.74) is 2.37. The molecule has 1 aromatic carbocycles. The minimum absolute atomic E-state index is 0.412. The number of halogens is 1. The topological polar surface area (TPSA) is 40.9 Å². The van der Waals surface area contributed by atoms with E-state index in [-0.39, 0.29) is 0 Å². The molecule has 0 amide bonds. The van der Waals surface area contributed by atoms with Crippen molar-refractivity contribution in [3.8, 4) is 6.07 Å². The predicted molar refractivity (Wildman–Crippen MR) is 55.3 cm³/mol. The van der Waals surface area contributed by atoms with Gasteiger partial charge in [0.05, 0.1) is 17.0 Å². The van der Waals surface area contributed by atoms with Gasteiger partial charge in [-0.2, -0.15) is 5.26 Å². The third kappa shape index (κ3) is 2.34. The molecule has 0 heterocycles. The van der Waals surface area contributed by atoms with Gasteiger partial charge in [0.15, 0.2) is 0 Å². The van der Waals surface area contributed by atoms with Crippen molar-refractivity contribution in [1.82, 2.24) is 0 Å². The summed E-state index contributed by atoms with van der Waals surface area (Å²) in [6, 6.07) is 7.67. The summed E-state index contributed by atoms with van der Waals surface area (Å²) >= 11 is 5.70. The number of alkyl halides is 1. The molecule has 0 fully saturated rings. The van der Waals surface area contributed by atoms with Crippen LogP contribution in [0.25, 0.3) is 0 Å². The number of aryl methyl sites for hydroxylation is 1. The lowest BCUT2D eigenvalue weighted by Gasteiger charge is -2.06. The number of nitrogens with zero attached hydrogens (tertiary/aromatic N) is 1. The first-order chi connectivity index (χ1) is 6.69. The van der Waals surface area contributed by atoms with Gasteiger partial charge in [-0.25, -0.2) is 0 Å². The number of rotatable bonds is 3. The minimum Gasteiger partial charge on any atom is -0.302 e. The number of hydrogen-bond acceptors (Lipinski definition) is 2. The standard InChI is InChI=1S/C11H10ClNO/c1-8-3-2-4-9(11(8)6-13)5-10(12)7-14/h2-4,7,10H,5H2,1H3. The van der Waals surface area contributed by atoms with Crippen molar-refractivity contribution in [2.75, 3.05) is 0 Å². The zero-order chi connectivity index (χ0) is 10.6. The first kappa shape index (κ1) is 10.7. The molecule has 0 spiro atoms. The highest BCUT2D eigenvalue weighted by atomic mass is 35.5. The average Bonchev–Trinajstić information content (AvgIpc) is 2.18. The fraction of sp³-hybridized carbons (Fsp3) is 0.273. The Morgan fingerprint density at radius 2 is 2.36 bits per heavy atom. The number of carbonyl (C=O) groups excluding carboxylic acids is 1. The average molecular weight is 208 g/mol. The molecule has 1 rings (SSSR count). The van der Waals surface area contributed by atoms with Crippen LogP contribution in [0.1, 0.15) is 16.7 Å². The highest BCUT2D eigenvalue weighted by Crippen LogP contribution is 2.15. The Bertz CT molecular complexity index is 381. The Morgan fingerprint density at radius 3 is 2.93 bits per heavy atom. The fourth-order valence-electron chi connectivity index (χ4n) is 1.32. The Hall–Kier alpha value is -1.33. The summed E-state index contributed by atoms with van der Waals surface area (Å²) in [5, 5.41) is 8.35. The maximum absolute atomic E-state index is 10.4. The summed E-state index contributed by atoms with van der Waals surface area (Å²) in [6.45, 7) is 1.87. The molecule has 0 saturated carbocycles. The molecule has 14 heavy (non-hydrogen) atoms. The minimum atomic E-state index is -0.552. The Morgan fingerprint density at radius 1 is 1.64 bits per heavy atom. The van der Waals surface area contributed by atoms with Crippen LogP contribution in [-0.4, -0.2) is 11.7 Å². The Kier molecular flexibility index (Phi) is 3.67. The van der Waals surface area contributed by atoms with E-state index >= 15 is 0 Å². The number of benzene rings is 1.